The fourth-order valence-electron chi connectivity index (χ4n) is 2.77. The molecular weight excluding hydrogens is 286 g/mol. The highest BCUT2D eigenvalue weighted by atomic mass is 16.3. The summed E-state index contributed by atoms with van der Waals surface area (Å²) in [5.74, 6) is 0.484. The molecule has 0 aliphatic heterocycles. The third-order valence-electron chi connectivity index (χ3n) is 4.35. The predicted octanol–water partition coefficient (Wildman–Crippen LogP) is 3.17. The summed E-state index contributed by atoms with van der Waals surface area (Å²) in [5, 5.41) is 12.7. The number of carbonyl (C=O) groups excluding carboxylic acids is 1. The lowest BCUT2D eigenvalue weighted by atomic mass is 10.0. The van der Waals surface area contributed by atoms with Gasteiger partial charge >= 0.3 is 0 Å². The van der Waals surface area contributed by atoms with Crippen LogP contribution in [0.3, 0.4) is 0 Å². The summed E-state index contributed by atoms with van der Waals surface area (Å²) in [6, 6.07) is 18.3. The fraction of sp³-hybridized carbons (Fsp3) is 0.350. The van der Waals surface area contributed by atoms with Crippen molar-refractivity contribution in [2.75, 3.05) is 6.54 Å². The van der Waals surface area contributed by atoms with E-state index in [9.17, 15) is 9.90 Å². The van der Waals surface area contributed by atoms with E-state index in [0.717, 1.165) is 24.0 Å². The number of nitrogens with one attached hydrogen (secondary N) is 1. The van der Waals surface area contributed by atoms with Crippen LogP contribution < -0.4 is 5.32 Å². The molecule has 2 aromatic rings. The third-order valence-corrected chi connectivity index (χ3v) is 4.35. The molecule has 2 aromatic carbocycles. The van der Waals surface area contributed by atoms with Crippen LogP contribution in [-0.2, 0) is 11.2 Å². The van der Waals surface area contributed by atoms with E-state index in [1.54, 1.807) is 0 Å². The molecule has 1 fully saturated rings. The molecule has 1 atom stereocenters. The van der Waals surface area contributed by atoms with Crippen molar-refractivity contribution in [1.82, 2.24) is 5.32 Å². The van der Waals surface area contributed by atoms with E-state index in [4.69, 9.17) is 0 Å². The lowest BCUT2D eigenvalue weighted by molar-refractivity contribution is -0.120. The van der Waals surface area contributed by atoms with Crippen LogP contribution in [0, 0.1) is 5.92 Å². The van der Waals surface area contributed by atoms with Crippen molar-refractivity contribution in [3.8, 4) is 11.1 Å². The van der Waals surface area contributed by atoms with Gasteiger partial charge in [-0.05, 0) is 41.9 Å². The third kappa shape index (κ3) is 4.67. The van der Waals surface area contributed by atoms with Gasteiger partial charge in [-0.2, -0.15) is 0 Å². The molecule has 0 saturated heterocycles. The van der Waals surface area contributed by atoms with Gasteiger partial charge in [-0.1, -0.05) is 54.6 Å². The zero-order chi connectivity index (χ0) is 16.1. The SMILES string of the molecule is O=C(Cc1ccc(-c2ccccc2)cc1)NCCC(O)C1CC1. The molecule has 120 valence electrons. The fourth-order valence-corrected chi connectivity index (χ4v) is 2.77. The van der Waals surface area contributed by atoms with E-state index >= 15 is 0 Å². The Morgan fingerprint density at radius 3 is 2.35 bits per heavy atom. The molecule has 3 nitrogen and oxygen atoms in total. The average molecular weight is 309 g/mol. The van der Waals surface area contributed by atoms with E-state index in [1.807, 2.05) is 30.3 Å². The number of aliphatic hydroxyl groups excluding tert-OH is 1. The molecule has 0 bridgehead atoms. The molecular formula is C20H23NO2. The Morgan fingerprint density at radius 2 is 1.70 bits per heavy atom. The molecule has 3 rings (SSSR count). The molecule has 1 saturated carbocycles. The molecule has 0 aromatic heterocycles. The van der Waals surface area contributed by atoms with E-state index in [1.165, 1.54) is 5.56 Å². The van der Waals surface area contributed by atoms with Gasteiger partial charge in [0.15, 0.2) is 0 Å². The van der Waals surface area contributed by atoms with Crippen molar-refractivity contribution in [3.05, 3.63) is 60.2 Å². The van der Waals surface area contributed by atoms with Gasteiger partial charge in [0.25, 0.3) is 0 Å². The summed E-state index contributed by atoms with van der Waals surface area (Å²) in [6.45, 7) is 0.554. The number of rotatable bonds is 7. The second-order valence-electron chi connectivity index (χ2n) is 6.28. The van der Waals surface area contributed by atoms with Gasteiger partial charge in [0.05, 0.1) is 12.5 Å². The summed E-state index contributed by atoms with van der Waals surface area (Å²) in [7, 11) is 0. The minimum absolute atomic E-state index is 0.0143. The Morgan fingerprint density at radius 1 is 1.04 bits per heavy atom. The first-order chi connectivity index (χ1) is 11.2. The molecule has 1 aliphatic rings. The molecule has 1 unspecified atom stereocenters. The van der Waals surface area contributed by atoms with Gasteiger partial charge in [0.1, 0.15) is 0 Å². The van der Waals surface area contributed by atoms with E-state index < -0.39 is 0 Å². The summed E-state index contributed by atoms with van der Waals surface area (Å²) in [4.78, 5) is 11.9. The Balaban J connectivity index is 1.46. The first-order valence-corrected chi connectivity index (χ1v) is 8.31. The Bertz CT molecular complexity index is 632. The van der Waals surface area contributed by atoms with Crippen LogP contribution in [0.15, 0.2) is 54.6 Å². The number of benzene rings is 2. The van der Waals surface area contributed by atoms with Crippen LogP contribution >= 0.6 is 0 Å². The second kappa shape index (κ2) is 7.42. The van der Waals surface area contributed by atoms with Gasteiger partial charge in [-0.15, -0.1) is 0 Å². The maximum atomic E-state index is 11.9. The molecule has 1 amide bonds. The molecule has 0 spiro atoms. The highest BCUT2D eigenvalue weighted by molar-refractivity contribution is 5.78. The monoisotopic (exact) mass is 309 g/mol. The average Bonchev–Trinajstić information content (AvgIpc) is 3.41. The molecule has 2 N–H and O–H groups in total. The number of amides is 1. The number of carbonyl (C=O) groups is 1. The summed E-state index contributed by atoms with van der Waals surface area (Å²) in [6.07, 6.45) is 3.05. The van der Waals surface area contributed by atoms with E-state index in [0.29, 0.717) is 25.3 Å². The minimum Gasteiger partial charge on any atom is -0.393 e. The Kier molecular flexibility index (Phi) is 5.09. The van der Waals surface area contributed by atoms with Crippen molar-refractivity contribution in [2.45, 2.75) is 31.8 Å². The lowest BCUT2D eigenvalue weighted by Gasteiger charge is -2.10. The molecule has 3 heteroatoms. The maximum absolute atomic E-state index is 11.9. The number of hydrogen-bond acceptors (Lipinski definition) is 2. The Labute approximate surface area is 137 Å². The molecule has 0 radical (unpaired) electrons. The van der Waals surface area contributed by atoms with Gasteiger partial charge in [0, 0.05) is 6.54 Å². The van der Waals surface area contributed by atoms with Gasteiger partial charge in [-0.3, -0.25) is 4.79 Å². The van der Waals surface area contributed by atoms with E-state index in [2.05, 4.69) is 29.6 Å². The largest absolute Gasteiger partial charge is 0.393 e. The van der Waals surface area contributed by atoms with Crippen molar-refractivity contribution in [1.29, 1.82) is 0 Å². The van der Waals surface area contributed by atoms with Crippen LogP contribution in [0.5, 0.6) is 0 Å². The topological polar surface area (TPSA) is 49.3 Å². The van der Waals surface area contributed by atoms with Crippen LogP contribution in [0.1, 0.15) is 24.8 Å². The Hall–Kier alpha value is -2.13. The first kappa shape index (κ1) is 15.8. The van der Waals surface area contributed by atoms with Gasteiger partial charge < -0.3 is 10.4 Å². The molecule has 0 heterocycles. The van der Waals surface area contributed by atoms with Crippen LogP contribution in [0.4, 0.5) is 0 Å². The second-order valence-corrected chi connectivity index (χ2v) is 6.28. The van der Waals surface area contributed by atoms with Crippen molar-refractivity contribution in [2.24, 2.45) is 5.92 Å². The quantitative estimate of drug-likeness (QED) is 0.825. The molecule has 23 heavy (non-hydrogen) atoms. The van der Waals surface area contributed by atoms with Gasteiger partial charge in [0.2, 0.25) is 5.91 Å². The van der Waals surface area contributed by atoms with Gasteiger partial charge in [-0.25, -0.2) is 0 Å². The minimum atomic E-state index is -0.250. The predicted molar refractivity (Wildman–Crippen MR) is 91.9 cm³/mol. The first-order valence-electron chi connectivity index (χ1n) is 8.31. The summed E-state index contributed by atoms with van der Waals surface area (Å²) >= 11 is 0. The highest BCUT2D eigenvalue weighted by Crippen LogP contribution is 2.33. The zero-order valence-corrected chi connectivity index (χ0v) is 13.2. The van der Waals surface area contributed by atoms with Crippen LogP contribution in [-0.4, -0.2) is 23.7 Å². The number of hydrogen-bond donors (Lipinski definition) is 2. The smallest absolute Gasteiger partial charge is 0.224 e. The van der Waals surface area contributed by atoms with Crippen molar-refractivity contribution >= 4 is 5.91 Å². The maximum Gasteiger partial charge on any atom is 0.224 e. The van der Waals surface area contributed by atoms with Crippen molar-refractivity contribution < 1.29 is 9.90 Å². The number of aliphatic hydroxyl groups is 1. The highest BCUT2D eigenvalue weighted by Gasteiger charge is 2.29. The van der Waals surface area contributed by atoms with Crippen LogP contribution in [0.2, 0.25) is 0 Å². The zero-order valence-electron chi connectivity index (χ0n) is 13.2. The normalized spacial score (nSPS) is 15.2. The molecule has 1 aliphatic carbocycles. The summed E-state index contributed by atoms with van der Waals surface area (Å²) < 4.78 is 0. The lowest BCUT2D eigenvalue weighted by Crippen LogP contribution is -2.28. The summed E-state index contributed by atoms with van der Waals surface area (Å²) in [5.41, 5.74) is 3.34. The van der Waals surface area contributed by atoms with Crippen molar-refractivity contribution in [3.63, 3.8) is 0 Å². The van der Waals surface area contributed by atoms with E-state index in [-0.39, 0.29) is 12.0 Å². The van der Waals surface area contributed by atoms with Crippen LogP contribution in [0.25, 0.3) is 11.1 Å². The standard InChI is InChI=1S/C20H23NO2/c22-19(18-10-11-18)12-13-21-20(23)14-15-6-8-17(9-7-15)16-4-2-1-3-5-16/h1-9,18-19,22H,10-14H2,(H,21,23).